The summed E-state index contributed by atoms with van der Waals surface area (Å²) in [7, 11) is 1.58. The first-order chi connectivity index (χ1) is 16.5. The van der Waals surface area contributed by atoms with Crippen LogP contribution in [0.4, 0.5) is 22.7 Å². The smallest absolute Gasteiger partial charge is 0.321 e. The molecule has 0 saturated carbocycles. The number of ether oxygens (including phenoxy) is 1. The van der Waals surface area contributed by atoms with E-state index in [2.05, 4.69) is 26.2 Å². The Morgan fingerprint density at radius 3 is 2.21 bits per heavy atom. The maximum absolute atomic E-state index is 12.4. The number of aliphatic carboxylic acids is 1. The van der Waals surface area contributed by atoms with Crippen molar-refractivity contribution in [2.24, 2.45) is 10.2 Å². The van der Waals surface area contributed by atoms with E-state index in [-0.39, 0.29) is 6.42 Å². The average molecular weight is 462 g/mol. The van der Waals surface area contributed by atoms with Crippen LogP contribution in [0.25, 0.3) is 0 Å². The number of carboxylic acid groups (broad SMARTS) is 1. The minimum atomic E-state index is -1.09. The number of carboxylic acids is 1. The molecule has 3 aromatic rings. The Kier molecular flexibility index (Phi) is 9.12. The van der Waals surface area contributed by atoms with Gasteiger partial charge >= 0.3 is 5.97 Å². The molecule has 9 heteroatoms. The lowest BCUT2D eigenvalue weighted by molar-refractivity contribution is -0.141. The SMILES string of the molecule is COc1ccccc1NCCN[C@H](CC(=O)Nc1ccc(N=Nc2ccccc2)cc1)C(=O)O. The molecule has 0 spiro atoms. The summed E-state index contributed by atoms with van der Waals surface area (Å²) in [6.45, 7) is 0.814. The molecule has 3 aromatic carbocycles. The number of nitrogens with zero attached hydrogens (tertiary/aromatic N) is 2. The van der Waals surface area contributed by atoms with Gasteiger partial charge in [-0.25, -0.2) is 0 Å². The van der Waals surface area contributed by atoms with E-state index in [0.29, 0.717) is 30.2 Å². The fraction of sp³-hybridized carbons (Fsp3) is 0.200. The van der Waals surface area contributed by atoms with Gasteiger partial charge in [0.15, 0.2) is 0 Å². The van der Waals surface area contributed by atoms with E-state index < -0.39 is 17.9 Å². The van der Waals surface area contributed by atoms with Crippen molar-refractivity contribution >= 4 is 34.6 Å². The van der Waals surface area contributed by atoms with Crippen molar-refractivity contribution in [1.82, 2.24) is 5.32 Å². The number of amides is 1. The van der Waals surface area contributed by atoms with Gasteiger partial charge in [0.05, 0.1) is 30.6 Å². The highest BCUT2D eigenvalue weighted by Gasteiger charge is 2.20. The second-order valence-electron chi connectivity index (χ2n) is 7.31. The topological polar surface area (TPSA) is 124 Å². The summed E-state index contributed by atoms with van der Waals surface area (Å²) in [5, 5.41) is 26.6. The molecule has 0 saturated heterocycles. The van der Waals surface area contributed by atoms with Gasteiger partial charge in [-0.05, 0) is 48.5 Å². The summed E-state index contributed by atoms with van der Waals surface area (Å²) >= 11 is 0. The molecular weight excluding hydrogens is 434 g/mol. The van der Waals surface area contributed by atoms with Gasteiger partial charge in [-0.15, -0.1) is 0 Å². The van der Waals surface area contributed by atoms with E-state index in [9.17, 15) is 14.7 Å². The highest BCUT2D eigenvalue weighted by Crippen LogP contribution is 2.22. The number of benzene rings is 3. The maximum Gasteiger partial charge on any atom is 0.321 e. The van der Waals surface area contributed by atoms with Crippen molar-refractivity contribution in [3.05, 3.63) is 78.9 Å². The van der Waals surface area contributed by atoms with Crippen LogP contribution in [0.5, 0.6) is 5.75 Å². The minimum absolute atomic E-state index is 0.209. The highest BCUT2D eigenvalue weighted by atomic mass is 16.5. The van der Waals surface area contributed by atoms with E-state index >= 15 is 0 Å². The number of carbonyl (C=O) groups is 2. The first-order valence-corrected chi connectivity index (χ1v) is 10.7. The maximum atomic E-state index is 12.4. The zero-order chi connectivity index (χ0) is 24.2. The highest BCUT2D eigenvalue weighted by molar-refractivity contribution is 5.94. The molecule has 4 N–H and O–H groups in total. The first-order valence-electron chi connectivity index (χ1n) is 10.7. The predicted octanol–water partition coefficient (Wildman–Crippen LogP) is 4.59. The summed E-state index contributed by atoms with van der Waals surface area (Å²) < 4.78 is 5.27. The third-order valence-corrected chi connectivity index (χ3v) is 4.81. The lowest BCUT2D eigenvalue weighted by Crippen LogP contribution is -2.41. The van der Waals surface area contributed by atoms with Crippen LogP contribution in [0, 0.1) is 0 Å². The number of hydrogen-bond acceptors (Lipinski definition) is 7. The Hall–Kier alpha value is -4.24. The molecule has 9 nitrogen and oxygen atoms in total. The van der Waals surface area contributed by atoms with Gasteiger partial charge in [-0.2, -0.15) is 10.2 Å². The van der Waals surface area contributed by atoms with Gasteiger partial charge in [0, 0.05) is 18.8 Å². The monoisotopic (exact) mass is 461 g/mol. The van der Waals surface area contributed by atoms with E-state index in [1.165, 1.54) is 0 Å². The number of rotatable bonds is 12. The van der Waals surface area contributed by atoms with Gasteiger partial charge in [-0.3, -0.25) is 9.59 Å². The molecule has 0 aromatic heterocycles. The molecule has 1 atom stereocenters. The summed E-state index contributed by atoms with van der Waals surface area (Å²) in [5.41, 5.74) is 2.73. The predicted molar refractivity (Wildman–Crippen MR) is 131 cm³/mol. The van der Waals surface area contributed by atoms with Crippen LogP contribution in [-0.2, 0) is 9.59 Å². The lowest BCUT2D eigenvalue weighted by atomic mass is 10.2. The zero-order valence-electron chi connectivity index (χ0n) is 18.8. The van der Waals surface area contributed by atoms with Gasteiger partial charge < -0.3 is 25.8 Å². The number of anilines is 2. The second kappa shape index (κ2) is 12.7. The lowest BCUT2D eigenvalue weighted by Gasteiger charge is -2.16. The van der Waals surface area contributed by atoms with E-state index in [4.69, 9.17) is 4.74 Å². The van der Waals surface area contributed by atoms with Gasteiger partial charge in [0.1, 0.15) is 11.8 Å². The Balaban J connectivity index is 1.45. The molecule has 0 bridgehead atoms. The number of para-hydroxylation sites is 2. The van der Waals surface area contributed by atoms with Crippen molar-refractivity contribution in [1.29, 1.82) is 0 Å². The third kappa shape index (κ3) is 7.72. The fourth-order valence-electron chi connectivity index (χ4n) is 3.10. The van der Waals surface area contributed by atoms with Crippen molar-refractivity contribution < 1.29 is 19.4 Å². The summed E-state index contributed by atoms with van der Waals surface area (Å²) in [4.78, 5) is 24.0. The largest absolute Gasteiger partial charge is 0.495 e. The minimum Gasteiger partial charge on any atom is -0.495 e. The fourth-order valence-corrected chi connectivity index (χ4v) is 3.10. The van der Waals surface area contributed by atoms with Crippen molar-refractivity contribution in [3.8, 4) is 5.75 Å². The van der Waals surface area contributed by atoms with Crippen LogP contribution < -0.4 is 20.7 Å². The van der Waals surface area contributed by atoms with Gasteiger partial charge in [-0.1, -0.05) is 30.3 Å². The number of azo groups is 1. The molecule has 3 rings (SSSR count). The molecule has 1 amide bonds. The van der Waals surface area contributed by atoms with Gasteiger partial charge in [0.2, 0.25) is 5.91 Å². The van der Waals surface area contributed by atoms with Crippen molar-refractivity contribution in [2.75, 3.05) is 30.8 Å². The molecule has 0 aliphatic rings. The molecule has 34 heavy (non-hydrogen) atoms. The molecule has 0 fully saturated rings. The summed E-state index contributed by atoms with van der Waals surface area (Å²) in [6, 6.07) is 22.6. The molecule has 176 valence electrons. The van der Waals surface area contributed by atoms with Crippen LogP contribution >= 0.6 is 0 Å². The molecule has 0 radical (unpaired) electrons. The molecular formula is C25H27N5O4. The zero-order valence-corrected chi connectivity index (χ0v) is 18.8. The van der Waals surface area contributed by atoms with E-state index in [1.54, 1.807) is 31.4 Å². The Morgan fingerprint density at radius 1 is 0.882 bits per heavy atom. The Labute approximate surface area is 197 Å². The first kappa shape index (κ1) is 24.4. The molecule has 0 aliphatic carbocycles. The summed E-state index contributed by atoms with van der Waals surface area (Å²) in [6.07, 6.45) is -0.209. The second-order valence-corrected chi connectivity index (χ2v) is 7.31. The number of methoxy groups -OCH3 is 1. The van der Waals surface area contributed by atoms with Crippen molar-refractivity contribution in [3.63, 3.8) is 0 Å². The summed E-state index contributed by atoms with van der Waals surface area (Å²) in [5.74, 6) is -0.801. The molecule has 0 aliphatic heterocycles. The average Bonchev–Trinajstić information content (AvgIpc) is 2.86. The van der Waals surface area contributed by atoms with Crippen LogP contribution in [0.15, 0.2) is 89.1 Å². The Bertz CT molecular complexity index is 1100. The number of hydrogen-bond donors (Lipinski definition) is 4. The Morgan fingerprint density at radius 2 is 1.53 bits per heavy atom. The number of nitrogens with one attached hydrogen (secondary N) is 3. The number of carbonyl (C=O) groups excluding carboxylic acids is 1. The van der Waals surface area contributed by atoms with Gasteiger partial charge in [0.25, 0.3) is 0 Å². The normalized spacial score (nSPS) is 11.7. The quantitative estimate of drug-likeness (QED) is 0.231. The van der Waals surface area contributed by atoms with Crippen molar-refractivity contribution in [2.45, 2.75) is 12.5 Å². The van der Waals surface area contributed by atoms with Crippen LogP contribution in [-0.4, -0.2) is 43.2 Å². The van der Waals surface area contributed by atoms with E-state index in [1.807, 2.05) is 54.6 Å². The molecule has 0 unspecified atom stereocenters. The standard InChI is InChI=1S/C25H27N5O4/c1-34-23-10-6-5-9-21(23)26-15-16-27-22(25(32)33)17-24(31)28-18-11-13-20(14-12-18)30-29-19-7-3-2-4-8-19/h2-14,22,26-27H,15-17H2,1H3,(H,28,31)(H,32,33)/t22-/m1/s1. The molecule has 0 heterocycles. The van der Waals surface area contributed by atoms with Crippen LogP contribution in [0.2, 0.25) is 0 Å². The van der Waals surface area contributed by atoms with Crippen LogP contribution in [0.3, 0.4) is 0 Å². The van der Waals surface area contributed by atoms with Crippen LogP contribution in [0.1, 0.15) is 6.42 Å². The third-order valence-electron chi connectivity index (χ3n) is 4.81. The van der Waals surface area contributed by atoms with E-state index in [0.717, 1.165) is 11.4 Å².